The van der Waals surface area contributed by atoms with Crippen molar-refractivity contribution in [2.24, 2.45) is 11.3 Å². The average molecular weight is 375 g/mol. The largest absolute Gasteiger partial charge is 0.492 e. The van der Waals surface area contributed by atoms with E-state index in [1.165, 1.54) is 17.0 Å². The van der Waals surface area contributed by atoms with Gasteiger partial charge in [0.2, 0.25) is 0 Å². The van der Waals surface area contributed by atoms with E-state index in [4.69, 9.17) is 4.74 Å². The summed E-state index contributed by atoms with van der Waals surface area (Å²) >= 11 is 0. The van der Waals surface area contributed by atoms with Gasteiger partial charge in [-0.3, -0.25) is 10.1 Å². The number of carbonyl (C=O) groups is 1. The van der Waals surface area contributed by atoms with Crippen molar-refractivity contribution >= 4 is 11.8 Å². The summed E-state index contributed by atoms with van der Waals surface area (Å²) in [6.07, 6.45) is 1.31. The molecule has 0 radical (unpaired) electrons. The Kier molecular flexibility index (Phi) is 6.26. The zero-order valence-electron chi connectivity index (χ0n) is 15.8. The minimum absolute atomic E-state index is 0.0683. The third-order valence-corrected chi connectivity index (χ3v) is 5.05. The fourth-order valence-corrected chi connectivity index (χ4v) is 3.59. The van der Waals surface area contributed by atoms with Crippen LogP contribution >= 0.6 is 0 Å². The maximum atomic E-state index is 11.5. The first-order valence-corrected chi connectivity index (χ1v) is 8.95. The fraction of sp³-hybridized carbons (Fsp3) is 0.579. The molecular weight excluding hydrogens is 350 g/mol. The lowest BCUT2D eigenvalue weighted by Gasteiger charge is -2.44. The van der Waals surface area contributed by atoms with E-state index >= 15 is 0 Å². The first-order valence-electron chi connectivity index (χ1n) is 8.95. The molecule has 2 unspecified atom stereocenters. The highest BCUT2D eigenvalue weighted by Crippen LogP contribution is 2.36. The average Bonchev–Trinajstić information content (AvgIpc) is 2.60. The maximum absolute atomic E-state index is 11.5. The summed E-state index contributed by atoms with van der Waals surface area (Å²) in [5, 5.41) is 29.6. The zero-order chi connectivity index (χ0) is 20.2. The van der Waals surface area contributed by atoms with Gasteiger partial charge in [-0.15, -0.1) is 0 Å². The Bertz CT molecular complexity index is 751. The van der Waals surface area contributed by atoms with Crippen LogP contribution in [0.4, 0.5) is 10.5 Å². The molecule has 1 fully saturated rings. The molecule has 146 valence electrons. The van der Waals surface area contributed by atoms with Crippen molar-refractivity contribution in [2.45, 2.75) is 46.1 Å². The van der Waals surface area contributed by atoms with Crippen molar-refractivity contribution < 1.29 is 19.6 Å². The van der Waals surface area contributed by atoms with Crippen molar-refractivity contribution in [3.8, 4) is 11.8 Å². The van der Waals surface area contributed by atoms with Gasteiger partial charge < -0.3 is 14.7 Å². The smallest absolute Gasteiger partial charge is 0.407 e. The van der Waals surface area contributed by atoms with E-state index in [-0.39, 0.29) is 28.5 Å². The number of hydrogen-bond acceptors (Lipinski definition) is 5. The summed E-state index contributed by atoms with van der Waals surface area (Å²) in [5.74, 6) is 0.510. The summed E-state index contributed by atoms with van der Waals surface area (Å²) in [6, 6.07) is 6.10. The number of nitrogens with zero attached hydrogens (tertiary/aromatic N) is 3. The molecule has 1 heterocycles. The topological polar surface area (TPSA) is 117 Å². The molecule has 8 nitrogen and oxygen atoms in total. The molecule has 0 bridgehead atoms. The molecule has 0 aliphatic carbocycles. The number of benzene rings is 1. The van der Waals surface area contributed by atoms with Crippen LogP contribution in [-0.4, -0.2) is 40.2 Å². The highest BCUT2D eigenvalue weighted by Gasteiger charge is 2.38. The van der Waals surface area contributed by atoms with E-state index in [9.17, 15) is 25.3 Å². The molecule has 1 aromatic carbocycles. The van der Waals surface area contributed by atoms with E-state index in [1.807, 2.05) is 26.8 Å². The Hall–Kier alpha value is -2.82. The van der Waals surface area contributed by atoms with Gasteiger partial charge in [-0.2, -0.15) is 5.26 Å². The summed E-state index contributed by atoms with van der Waals surface area (Å²) in [5.41, 5.74) is -0.500. The molecule has 27 heavy (non-hydrogen) atoms. The number of amides is 1. The molecule has 1 aliphatic rings. The number of carboxylic acid groups (broad SMARTS) is 1. The number of hydrogen-bond donors (Lipinski definition) is 1. The van der Waals surface area contributed by atoms with Crippen LogP contribution in [0, 0.1) is 32.8 Å². The number of ether oxygens (including phenoxy) is 1. The molecule has 1 saturated heterocycles. The number of nitriles is 1. The standard InChI is InChI=1S/C19H25N3O5/c1-19(2,3)17-11-13(7-9-21(17)18(23)24)8-10-27-16-6-4-5-15(22(25)26)14(16)12-20/h4-6,13,17H,7-11H2,1-3H3,(H,23,24). The summed E-state index contributed by atoms with van der Waals surface area (Å²) in [7, 11) is 0. The van der Waals surface area contributed by atoms with Crippen molar-refractivity contribution in [1.82, 2.24) is 4.90 Å². The Morgan fingerprint density at radius 3 is 2.74 bits per heavy atom. The third kappa shape index (κ3) is 4.88. The molecule has 2 atom stereocenters. The monoisotopic (exact) mass is 375 g/mol. The van der Waals surface area contributed by atoms with Gasteiger partial charge in [-0.1, -0.05) is 26.8 Å². The number of rotatable bonds is 5. The lowest BCUT2D eigenvalue weighted by Crippen LogP contribution is -2.51. The molecular formula is C19H25N3O5. The molecule has 8 heteroatoms. The fourth-order valence-electron chi connectivity index (χ4n) is 3.59. The minimum atomic E-state index is -0.889. The normalized spacial score (nSPS) is 20.0. The van der Waals surface area contributed by atoms with E-state index in [1.54, 1.807) is 6.07 Å². The van der Waals surface area contributed by atoms with Crippen molar-refractivity contribution in [2.75, 3.05) is 13.2 Å². The summed E-state index contributed by atoms with van der Waals surface area (Å²) < 4.78 is 5.66. The van der Waals surface area contributed by atoms with E-state index in [0.29, 0.717) is 25.5 Å². The van der Waals surface area contributed by atoms with E-state index < -0.39 is 11.0 Å². The van der Waals surface area contributed by atoms with Crippen LogP contribution in [0.25, 0.3) is 0 Å². The first-order chi connectivity index (χ1) is 12.6. The van der Waals surface area contributed by atoms with Gasteiger partial charge in [-0.05, 0) is 36.7 Å². The lowest BCUT2D eigenvalue weighted by molar-refractivity contribution is -0.385. The van der Waals surface area contributed by atoms with Crippen molar-refractivity contribution in [1.29, 1.82) is 5.26 Å². The highest BCUT2D eigenvalue weighted by atomic mass is 16.6. The first kappa shape index (κ1) is 20.5. The van der Waals surface area contributed by atoms with Crippen molar-refractivity contribution in [3.05, 3.63) is 33.9 Å². The number of piperidine rings is 1. The van der Waals surface area contributed by atoms with Gasteiger partial charge in [0.15, 0.2) is 5.56 Å². The van der Waals surface area contributed by atoms with Gasteiger partial charge in [0.05, 0.1) is 11.5 Å². The Morgan fingerprint density at radius 1 is 1.48 bits per heavy atom. The van der Waals surface area contributed by atoms with Crippen LogP contribution < -0.4 is 4.74 Å². The molecule has 1 aliphatic heterocycles. The molecule has 0 aromatic heterocycles. The molecule has 1 aromatic rings. The van der Waals surface area contributed by atoms with Gasteiger partial charge in [0.1, 0.15) is 11.8 Å². The van der Waals surface area contributed by atoms with Crippen LogP contribution in [-0.2, 0) is 0 Å². The van der Waals surface area contributed by atoms with Crippen LogP contribution in [0.3, 0.4) is 0 Å². The molecule has 1 amide bonds. The molecule has 2 rings (SSSR count). The highest BCUT2D eigenvalue weighted by molar-refractivity contribution is 5.65. The SMILES string of the molecule is CC(C)(C)C1CC(CCOc2cccc([N+](=O)[O-])c2C#N)CCN1C(=O)O. The zero-order valence-corrected chi connectivity index (χ0v) is 15.8. The second-order valence-corrected chi connectivity index (χ2v) is 7.90. The van der Waals surface area contributed by atoms with Gasteiger partial charge in [0, 0.05) is 18.7 Å². The van der Waals surface area contributed by atoms with Gasteiger partial charge in [-0.25, -0.2) is 4.79 Å². The number of nitro benzene ring substituents is 1. The summed E-state index contributed by atoms with van der Waals surface area (Å²) in [4.78, 5) is 23.4. The molecule has 0 saturated carbocycles. The van der Waals surface area contributed by atoms with Gasteiger partial charge in [0.25, 0.3) is 5.69 Å². The minimum Gasteiger partial charge on any atom is -0.492 e. The third-order valence-electron chi connectivity index (χ3n) is 5.05. The van der Waals surface area contributed by atoms with Crippen LogP contribution in [0.1, 0.15) is 45.6 Å². The molecule has 1 N–H and O–H groups in total. The second kappa shape index (κ2) is 8.25. The Balaban J connectivity index is 2.00. The molecule has 0 spiro atoms. The quantitative estimate of drug-likeness (QED) is 0.613. The van der Waals surface area contributed by atoms with E-state index in [2.05, 4.69) is 0 Å². The predicted molar refractivity (Wildman–Crippen MR) is 98.6 cm³/mol. The Labute approximate surface area is 158 Å². The van der Waals surface area contributed by atoms with Crippen LogP contribution in [0.5, 0.6) is 5.75 Å². The maximum Gasteiger partial charge on any atom is 0.407 e. The summed E-state index contributed by atoms with van der Waals surface area (Å²) in [6.45, 7) is 6.92. The van der Waals surface area contributed by atoms with Crippen molar-refractivity contribution in [3.63, 3.8) is 0 Å². The van der Waals surface area contributed by atoms with Crippen LogP contribution in [0.2, 0.25) is 0 Å². The lowest BCUT2D eigenvalue weighted by atomic mass is 9.76. The number of likely N-dealkylation sites (tertiary alicyclic amines) is 1. The Morgan fingerprint density at radius 2 is 2.19 bits per heavy atom. The van der Waals surface area contributed by atoms with E-state index in [0.717, 1.165) is 12.8 Å². The number of nitro groups is 1. The second-order valence-electron chi connectivity index (χ2n) is 7.90. The van der Waals surface area contributed by atoms with Gasteiger partial charge >= 0.3 is 6.09 Å². The van der Waals surface area contributed by atoms with Crippen LogP contribution in [0.15, 0.2) is 18.2 Å². The predicted octanol–water partition coefficient (Wildman–Crippen LogP) is 4.04.